The van der Waals surface area contributed by atoms with Crippen LogP contribution in [0.5, 0.6) is 0 Å². The van der Waals surface area contributed by atoms with E-state index in [9.17, 15) is 4.79 Å². The van der Waals surface area contributed by atoms with Gasteiger partial charge >= 0.3 is 0 Å². The summed E-state index contributed by atoms with van der Waals surface area (Å²) in [5, 5.41) is 3.28. The summed E-state index contributed by atoms with van der Waals surface area (Å²) in [6.45, 7) is 8.81. The molecule has 0 aliphatic carbocycles. The normalized spacial score (nSPS) is 9.27. The minimum Gasteiger partial charge on any atom is -0.370 e. The lowest BCUT2D eigenvalue weighted by atomic mass is 10.2. The van der Waals surface area contributed by atoms with E-state index in [1.807, 2.05) is 0 Å². The molecular formula is C12H28N2O. The molecule has 0 unspecified atom stereocenters. The van der Waals surface area contributed by atoms with E-state index < -0.39 is 0 Å². The molecule has 0 fully saturated rings. The van der Waals surface area contributed by atoms with Crippen molar-refractivity contribution in [2.24, 2.45) is 5.73 Å². The van der Waals surface area contributed by atoms with Gasteiger partial charge in [-0.3, -0.25) is 4.79 Å². The van der Waals surface area contributed by atoms with Gasteiger partial charge in [0.1, 0.15) is 0 Å². The lowest BCUT2D eigenvalue weighted by Gasteiger charge is -1.95. The molecule has 0 heterocycles. The summed E-state index contributed by atoms with van der Waals surface area (Å²) < 4.78 is 0. The van der Waals surface area contributed by atoms with Crippen molar-refractivity contribution >= 4 is 5.91 Å². The fraction of sp³-hybridized carbons (Fsp3) is 0.917. The lowest BCUT2D eigenvalue weighted by molar-refractivity contribution is -0.118. The number of nitrogens with two attached hydrogens (primary N) is 1. The SMILES string of the molecule is CCCCCC(N)=O.CCCNCCC. The first kappa shape index (κ1) is 16.8. The molecule has 0 aromatic rings. The van der Waals surface area contributed by atoms with E-state index in [0.29, 0.717) is 6.42 Å². The Morgan fingerprint density at radius 1 is 1.00 bits per heavy atom. The Kier molecular flexibility index (Phi) is 17.8. The largest absolute Gasteiger partial charge is 0.370 e. The summed E-state index contributed by atoms with van der Waals surface area (Å²) in [7, 11) is 0. The Morgan fingerprint density at radius 3 is 1.87 bits per heavy atom. The second-order valence-corrected chi connectivity index (χ2v) is 3.67. The van der Waals surface area contributed by atoms with Gasteiger partial charge in [0, 0.05) is 6.42 Å². The number of carbonyl (C=O) groups is 1. The quantitative estimate of drug-likeness (QED) is 0.612. The van der Waals surface area contributed by atoms with Gasteiger partial charge < -0.3 is 11.1 Å². The van der Waals surface area contributed by atoms with E-state index in [2.05, 4.69) is 26.1 Å². The van der Waals surface area contributed by atoms with Crippen molar-refractivity contribution in [3.05, 3.63) is 0 Å². The maximum Gasteiger partial charge on any atom is 0.217 e. The number of unbranched alkanes of at least 4 members (excludes halogenated alkanes) is 2. The summed E-state index contributed by atoms with van der Waals surface area (Å²) in [5.41, 5.74) is 4.89. The zero-order valence-electron chi connectivity index (χ0n) is 10.6. The first-order chi connectivity index (χ1) is 7.18. The van der Waals surface area contributed by atoms with E-state index in [4.69, 9.17) is 5.73 Å². The molecule has 3 heteroatoms. The predicted octanol–water partition coefficient (Wildman–Crippen LogP) is 2.45. The second-order valence-electron chi connectivity index (χ2n) is 3.67. The highest BCUT2D eigenvalue weighted by atomic mass is 16.1. The van der Waals surface area contributed by atoms with Crippen LogP contribution in [0.4, 0.5) is 0 Å². The average Bonchev–Trinajstić information content (AvgIpc) is 2.20. The van der Waals surface area contributed by atoms with Gasteiger partial charge in [0.25, 0.3) is 0 Å². The molecule has 0 aliphatic rings. The molecule has 0 aliphatic heterocycles. The third kappa shape index (κ3) is 24.7. The van der Waals surface area contributed by atoms with E-state index in [1.165, 1.54) is 25.9 Å². The Morgan fingerprint density at radius 2 is 1.53 bits per heavy atom. The van der Waals surface area contributed by atoms with Gasteiger partial charge in [-0.15, -0.1) is 0 Å². The summed E-state index contributed by atoms with van der Waals surface area (Å²) in [5.74, 6) is -0.182. The van der Waals surface area contributed by atoms with Crippen LogP contribution in [-0.4, -0.2) is 19.0 Å². The number of amides is 1. The molecule has 1 amide bonds. The Balaban J connectivity index is 0. The van der Waals surface area contributed by atoms with Gasteiger partial charge in [-0.25, -0.2) is 0 Å². The van der Waals surface area contributed by atoms with Crippen LogP contribution in [0.15, 0.2) is 0 Å². The van der Waals surface area contributed by atoms with E-state index in [-0.39, 0.29) is 5.91 Å². The van der Waals surface area contributed by atoms with Crippen molar-refractivity contribution in [1.82, 2.24) is 5.32 Å². The standard InChI is InChI=1S/C6H13NO.C6H15N/c1-2-3-4-5-6(7)8;1-3-5-7-6-4-2/h2-5H2,1H3,(H2,7,8);7H,3-6H2,1-2H3. The number of nitrogens with one attached hydrogen (secondary N) is 1. The smallest absolute Gasteiger partial charge is 0.217 e. The van der Waals surface area contributed by atoms with Crippen LogP contribution in [0.3, 0.4) is 0 Å². The van der Waals surface area contributed by atoms with E-state index in [1.54, 1.807) is 0 Å². The molecule has 0 saturated heterocycles. The second kappa shape index (κ2) is 15.9. The molecule has 0 saturated carbocycles. The molecule has 3 nitrogen and oxygen atoms in total. The molecule has 15 heavy (non-hydrogen) atoms. The van der Waals surface area contributed by atoms with Crippen LogP contribution in [0, 0.1) is 0 Å². The molecule has 0 spiro atoms. The lowest BCUT2D eigenvalue weighted by Crippen LogP contribution is -2.14. The number of hydrogen-bond donors (Lipinski definition) is 2. The van der Waals surface area contributed by atoms with Gasteiger partial charge in [0.2, 0.25) is 5.91 Å². The third-order valence-electron chi connectivity index (χ3n) is 1.88. The maximum absolute atomic E-state index is 10.1. The molecule has 92 valence electrons. The number of hydrogen-bond acceptors (Lipinski definition) is 2. The molecule has 0 rings (SSSR count). The minimum atomic E-state index is -0.182. The summed E-state index contributed by atoms with van der Waals surface area (Å²) in [6.07, 6.45) is 6.26. The van der Waals surface area contributed by atoms with Gasteiger partial charge in [-0.2, -0.15) is 0 Å². The monoisotopic (exact) mass is 216 g/mol. The van der Waals surface area contributed by atoms with Crippen molar-refractivity contribution in [3.8, 4) is 0 Å². The highest BCUT2D eigenvalue weighted by Crippen LogP contribution is 1.96. The van der Waals surface area contributed by atoms with Gasteiger partial charge in [-0.1, -0.05) is 33.6 Å². The molecular weight excluding hydrogens is 188 g/mol. The van der Waals surface area contributed by atoms with Crippen LogP contribution in [0.1, 0.15) is 59.3 Å². The first-order valence-corrected chi connectivity index (χ1v) is 6.17. The van der Waals surface area contributed by atoms with Crippen LogP contribution in [0.25, 0.3) is 0 Å². The Bertz CT molecular complexity index is 123. The van der Waals surface area contributed by atoms with Gasteiger partial charge in [-0.05, 0) is 32.4 Å². The summed E-state index contributed by atoms with van der Waals surface area (Å²) in [4.78, 5) is 10.1. The Labute approximate surface area is 94.8 Å². The van der Waals surface area contributed by atoms with Crippen LogP contribution in [0.2, 0.25) is 0 Å². The molecule has 0 atom stereocenters. The molecule has 0 radical (unpaired) electrons. The summed E-state index contributed by atoms with van der Waals surface area (Å²) >= 11 is 0. The van der Waals surface area contributed by atoms with Crippen molar-refractivity contribution in [1.29, 1.82) is 0 Å². The molecule has 0 aromatic carbocycles. The predicted molar refractivity (Wildman–Crippen MR) is 66.8 cm³/mol. The number of primary amides is 1. The Hall–Kier alpha value is -0.570. The zero-order chi connectivity index (χ0) is 11.9. The van der Waals surface area contributed by atoms with Gasteiger partial charge in [0.05, 0.1) is 0 Å². The van der Waals surface area contributed by atoms with Crippen molar-refractivity contribution in [2.75, 3.05) is 13.1 Å². The van der Waals surface area contributed by atoms with Crippen LogP contribution in [-0.2, 0) is 4.79 Å². The maximum atomic E-state index is 10.1. The van der Waals surface area contributed by atoms with Gasteiger partial charge in [0.15, 0.2) is 0 Å². The summed E-state index contributed by atoms with van der Waals surface area (Å²) in [6, 6.07) is 0. The minimum absolute atomic E-state index is 0.182. The van der Waals surface area contributed by atoms with Crippen molar-refractivity contribution in [2.45, 2.75) is 59.3 Å². The first-order valence-electron chi connectivity index (χ1n) is 6.17. The average molecular weight is 216 g/mol. The van der Waals surface area contributed by atoms with E-state index >= 15 is 0 Å². The topological polar surface area (TPSA) is 55.1 Å². The molecule has 0 bridgehead atoms. The van der Waals surface area contributed by atoms with Crippen molar-refractivity contribution < 1.29 is 4.79 Å². The zero-order valence-corrected chi connectivity index (χ0v) is 10.6. The number of rotatable bonds is 8. The fourth-order valence-corrected chi connectivity index (χ4v) is 1.03. The number of carbonyl (C=O) groups excluding carboxylic acids is 1. The van der Waals surface area contributed by atoms with E-state index in [0.717, 1.165) is 19.3 Å². The highest BCUT2D eigenvalue weighted by Gasteiger charge is 1.90. The fourth-order valence-electron chi connectivity index (χ4n) is 1.03. The molecule has 0 aromatic heterocycles. The van der Waals surface area contributed by atoms with Crippen molar-refractivity contribution in [3.63, 3.8) is 0 Å². The molecule has 3 N–H and O–H groups in total. The van der Waals surface area contributed by atoms with Crippen LogP contribution >= 0.6 is 0 Å². The third-order valence-corrected chi connectivity index (χ3v) is 1.88. The highest BCUT2D eigenvalue weighted by molar-refractivity contribution is 5.73. The van der Waals surface area contributed by atoms with Crippen LogP contribution < -0.4 is 11.1 Å².